The number of nitrogens with zero attached hydrogens (tertiary/aromatic N) is 1. The van der Waals surface area contributed by atoms with Gasteiger partial charge in [0.2, 0.25) is 0 Å². The van der Waals surface area contributed by atoms with E-state index in [2.05, 4.69) is 10.3 Å². The van der Waals surface area contributed by atoms with E-state index in [4.69, 9.17) is 22.4 Å². The minimum atomic E-state index is -1.11. The first-order valence-electron chi connectivity index (χ1n) is 5.49. The SMILES string of the molecule is Cc1ccc(Cl)c(Nc2ncc(N)cc2C(=O)O)c1. The van der Waals surface area contributed by atoms with Crippen molar-refractivity contribution in [1.29, 1.82) is 0 Å². The van der Waals surface area contributed by atoms with Gasteiger partial charge in [0.1, 0.15) is 11.4 Å². The van der Waals surface area contributed by atoms with Crippen LogP contribution in [0.4, 0.5) is 17.2 Å². The molecule has 2 rings (SSSR count). The number of aromatic nitrogens is 1. The van der Waals surface area contributed by atoms with Gasteiger partial charge >= 0.3 is 5.97 Å². The molecule has 1 aromatic heterocycles. The lowest BCUT2D eigenvalue weighted by Crippen LogP contribution is -2.06. The van der Waals surface area contributed by atoms with Crippen LogP contribution in [0.5, 0.6) is 0 Å². The fourth-order valence-electron chi connectivity index (χ4n) is 1.61. The first-order valence-corrected chi connectivity index (χ1v) is 5.87. The molecule has 0 aliphatic heterocycles. The molecule has 0 atom stereocenters. The van der Waals surface area contributed by atoms with Crippen LogP contribution in [-0.2, 0) is 0 Å². The summed E-state index contributed by atoms with van der Waals surface area (Å²) >= 11 is 6.05. The highest BCUT2D eigenvalue weighted by Gasteiger charge is 2.13. The number of hydrogen-bond acceptors (Lipinski definition) is 4. The molecular formula is C13H12ClN3O2. The second kappa shape index (κ2) is 5.16. The Morgan fingerprint density at radius 1 is 1.42 bits per heavy atom. The number of halogens is 1. The summed E-state index contributed by atoms with van der Waals surface area (Å²) in [5.41, 5.74) is 7.42. The Morgan fingerprint density at radius 3 is 2.84 bits per heavy atom. The number of aryl methyl sites for hydroxylation is 1. The molecule has 1 aromatic carbocycles. The van der Waals surface area contributed by atoms with Crippen molar-refractivity contribution in [3.8, 4) is 0 Å². The molecule has 0 spiro atoms. The number of carboxylic acid groups (broad SMARTS) is 1. The Kier molecular flexibility index (Phi) is 3.57. The van der Waals surface area contributed by atoms with E-state index in [0.717, 1.165) is 5.56 Å². The number of pyridine rings is 1. The number of nitrogens with two attached hydrogens (primary N) is 1. The molecule has 0 saturated heterocycles. The fourth-order valence-corrected chi connectivity index (χ4v) is 1.77. The van der Waals surface area contributed by atoms with Crippen molar-refractivity contribution >= 4 is 34.8 Å². The van der Waals surface area contributed by atoms with Gasteiger partial charge < -0.3 is 16.2 Å². The third-order valence-electron chi connectivity index (χ3n) is 2.51. The Balaban J connectivity index is 2.43. The van der Waals surface area contributed by atoms with Gasteiger partial charge in [0.25, 0.3) is 0 Å². The molecule has 6 heteroatoms. The van der Waals surface area contributed by atoms with E-state index in [1.807, 2.05) is 19.1 Å². The molecule has 19 heavy (non-hydrogen) atoms. The molecule has 5 nitrogen and oxygen atoms in total. The van der Waals surface area contributed by atoms with Crippen molar-refractivity contribution in [2.24, 2.45) is 0 Å². The largest absolute Gasteiger partial charge is 0.478 e. The van der Waals surface area contributed by atoms with Crippen molar-refractivity contribution in [3.63, 3.8) is 0 Å². The normalized spacial score (nSPS) is 10.2. The van der Waals surface area contributed by atoms with Crippen molar-refractivity contribution in [3.05, 3.63) is 46.6 Å². The van der Waals surface area contributed by atoms with E-state index < -0.39 is 5.97 Å². The average molecular weight is 278 g/mol. The minimum Gasteiger partial charge on any atom is -0.478 e. The van der Waals surface area contributed by atoms with Crippen LogP contribution < -0.4 is 11.1 Å². The molecule has 1 heterocycles. The second-order valence-corrected chi connectivity index (χ2v) is 4.49. The topological polar surface area (TPSA) is 88.2 Å². The number of carbonyl (C=O) groups is 1. The van der Waals surface area contributed by atoms with Gasteiger partial charge in [0.05, 0.1) is 22.6 Å². The van der Waals surface area contributed by atoms with Crippen LogP contribution in [0.25, 0.3) is 0 Å². The third-order valence-corrected chi connectivity index (χ3v) is 2.84. The summed E-state index contributed by atoms with van der Waals surface area (Å²) in [4.78, 5) is 15.1. The van der Waals surface area contributed by atoms with Gasteiger partial charge in [0.15, 0.2) is 0 Å². The number of nitrogens with one attached hydrogen (secondary N) is 1. The highest BCUT2D eigenvalue weighted by molar-refractivity contribution is 6.33. The zero-order chi connectivity index (χ0) is 14.0. The average Bonchev–Trinajstić information content (AvgIpc) is 2.35. The number of rotatable bonds is 3. The molecule has 0 fully saturated rings. The molecule has 4 N–H and O–H groups in total. The monoisotopic (exact) mass is 277 g/mol. The van der Waals surface area contributed by atoms with Gasteiger partial charge in [-0.15, -0.1) is 0 Å². The summed E-state index contributed by atoms with van der Waals surface area (Å²) in [6.45, 7) is 1.91. The summed E-state index contributed by atoms with van der Waals surface area (Å²) in [5.74, 6) is -0.903. The lowest BCUT2D eigenvalue weighted by atomic mass is 10.2. The summed E-state index contributed by atoms with van der Waals surface area (Å²) in [5, 5.41) is 12.5. The number of anilines is 3. The van der Waals surface area contributed by atoms with E-state index in [-0.39, 0.29) is 11.4 Å². The maximum absolute atomic E-state index is 11.1. The van der Waals surface area contributed by atoms with Crippen LogP contribution in [-0.4, -0.2) is 16.1 Å². The van der Waals surface area contributed by atoms with E-state index in [0.29, 0.717) is 16.4 Å². The number of benzene rings is 1. The number of carboxylic acids is 1. The summed E-state index contributed by atoms with van der Waals surface area (Å²) in [7, 11) is 0. The third kappa shape index (κ3) is 2.95. The molecule has 0 aliphatic carbocycles. The van der Waals surface area contributed by atoms with Gasteiger partial charge in [-0.05, 0) is 30.7 Å². The van der Waals surface area contributed by atoms with Gasteiger partial charge in [0, 0.05) is 0 Å². The molecular weight excluding hydrogens is 266 g/mol. The summed E-state index contributed by atoms with van der Waals surface area (Å²) in [6, 6.07) is 6.76. The molecule has 0 aliphatic rings. The number of aromatic carboxylic acids is 1. The molecule has 0 radical (unpaired) electrons. The zero-order valence-corrected chi connectivity index (χ0v) is 10.9. The predicted octanol–water partition coefficient (Wildman–Crippen LogP) is 3.07. The molecule has 0 amide bonds. The molecule has 0 unspecified atom stereocenters. The standard InChI is InChI=1S/C13H12ClN3O2/c1-7-2-3-10(14)11(4-7)17-12-9(13(18)19)5-8(15)6-16-12/h2-6H,15H2,1H3,(H,16,17)(H,18,19). The van der Waals surface area contributed by atoms with Gasteiger partial charge in [-0.2, -0.15) is 0 Å². The predicted molar refractivity (Wildman–Crippen MR) is 75.1 cm³/mol. The second-order valence-electron chi connectivity index (χ2n) is 4.08. The van der Waals surface area contributed by atoms with Crippen LogP contribution in [0.1, 0.15) is 15.9 Å². The molecule has 0 bridgehead atoms. The van der Waals surface area contributed by atoms with E-state index in [1.54, 1.807) is 6.07 Å². The van der Waals surface area contributed by atoms with E-state index in [9.17, 15) is 4.79 Å². The fraction of sp³-hybridized carbons (Fsp3) is 0.0769. The van der Waals surface area contributed by atoms with Crippen LogP contribution in [0, 0.1) is 6.92 Å². The van der Waals surface area contributed by atoms with Crippen molar-refractivity contribution in [1.82, 2.24) is 4.98 Å². The van der Waals surface area contributed by atoms with Crippen LogP contribution in [0.2, 0.25) is 5.02 Å². The first kappa shape index (κ1) is 13.2. The summed E-state index contributed by atoms with van der Waals surface area (Å²) in [6.07, 6.45) is 1.39. The van der Waals surface area contributed by atoms with Crippen LogP contribution in [0.3, 0.4) is 0 Å². The van der Waals surface area contributed by atoms with Crippen LogP contribution >= 0.6 is 11.6 Å². The first-order chi connectivity index (χ1) is 8.97. The van der Waals surface area contributed by atoms with Gasteiger partial charge in [-0.3, -0.25) is 0 Å². The number of hydrogen-bond donors (Lipinski definition) is 3. The van der Waals surface area contributed by atoms with Crippen LogP contribution in [0.15, 0.2) is 30.5 Å². The Labute approximate surface area is 115 Å². The van der Waals surface area contributed by atoms with Crippen molar-refractivity contribution in [2.45, 2.75) is 6.92 Å². The van der Waals surface area contributed by atoms with E-state index >= 15 is 0 Å². The molecule has 2 aromatic rings. The van der Waals surface area contributed by atoms with Crippen molar-refractivity contribution < 1.29 is 9.90 Å². The lowest BCUT2D eigenvalue weighted by Gasteiger charge is -2.11. The number of nitrogen functional groups attached to an aromatic ring is 1. The summed E-state index contributed by atoms with van der Waals surface area (Å²) < 4.78 is 0. The maximum atomic E-state index is 11.1. The smallest absolute Gasteiger partial charge is 0.339 e. The minimum absolute atomic E-state index is 0.00225. The maximum Gasteiger partial charge on any atom is 0.339 e. The van der Waals surface area contributed by atoms with Gasteiger partial charge in [-0.25, -0.2) is 9.78 Å². The quantitative estimate of drug-likeness (QED) is 0.802. The molecule has 0 saturated carbocycles. The Morgan fingerprint density at radius 2 is 2.16 bits per heavy atom. The lowest BCUT2D eigenvalue weighted by molar-refractivity contribution is 0.0697. The highest BCUT2D eigenvalue weighted by Crippen LogP contribution is 2.27. The Hall–Kier alpha value is -2.27. The zero-order valence-electron chi connectivity index (χ0n) is 10.1. The van der Waals surface area contributed by atoms with Crippen molar-refractivity contribution in [2.75, 3.05) is 11.1 Å². The van der Waals surface area contributed by atoms with Gasteiger partial charge in [-0.1, -0.05) is 17.7 Å². The van der Waals surface area contributed by atoms with E-state index in [1.165, 1.54) is 12.3 Å². The molecule has 98 valence electrons. The Bertz CT molecular complexity index is 644. The highest BCUT2D eigenvalue weighted by atomic mass is 35.5.